The van der Waals surface area contributed by atoms with Crippen LogP contribution in [0, 0.1) is 20.8 Å². The molecule has 1 fully saturated rings. The summed E-state index contributed by atoms with van der Waals surface area (Å²) in [5.41, 5.74) is 4.91. The quantitative estimate of drug-likeness (QED) is 0.351. The molecule has 172 valence electrons. The lowest BCUT2D eigenvalue weighted by atomic mass is 10.0. The summed E-state index contributed by atoms with van der Waals surface area (Å²) in [6.45, 7) is 6.18. The normalized spacial score (nSPS) is 15.0. The van der Waals surface area contributed by atoms with Gasteiger partial charge in [-0.2, -0.15) is 0 Å². The Morgan fingerprint density at radius 2 is 1.71 bits per heavy atom. The van der Waals surface area contributed by atoms with Crippen molar-refractivity contribution in [1.82, 2.24) is 5.32 Å². The van der Waals surface area contributed by atoms with Gasteiger partial charge in [0.05, 0.1) is 10.2 Å². The highest BCUT2D eigenvalue weighted by Crippen LogP contribution is 2.29. The highest BCUT2D eigenvalue weighted by Gasteiger charge is 2.37. The van der Waals surface area contributed by atoms with E-state index in [1.54, 1.807) is 24.3 Å². The van der Waals surface area contributed by atoms with Crippen LogP contribution in [0.3, 0.4) is 0 Å². The molecule has 7 heteroatoms. The molecule has 4 rings (SSSR count). The number of halogens is 1. The topological polar surface area (TPSA) is 75.7 Å². The molecule has 34 heavy (non-hydrogen) atoms. The van der Waals surface area contributed by atoms with Crippen LogP contribution in [-0.2, 0) is 16.2 Å². The van der Waals surface area contributed by atoms with Crippen molar-refractivity contribution in [2.24, 2.45) is 0 Å². The molecule has 3 aromatic carbocycles. The minimum Gasteiger partial charge on any atom is -0.488 e. The third-order valence-electron chi connectivity index (χ3n) is 5.44. The standard InChI is InChI=1S/C27H23BrN2O4/c1-16-5-4-6-20(12-16)15-34-24-10-8-19(14-22(24)28)13-21-25(31)29-27(33)30(26(21)32)23-9-7-17(2)11-18(23)3/h4-14H,15H2,1-3H3,(H,29,31,33)/b21-13+. The molecule has 3 aromatic rings. The second kappa shape index (κ2) is 9.65. The molecule has 6 nitrogen and oxygen atoms in total. The average molecular weight is 519 g/mol. The van der Waals surface area contributed by atoms with Gasteiger partial charge in [-0.1, -0.05) is 53.6 Å². The maximum atomic E-state index is 13.2. The molecule has 1 heterocycles. The Morgan fingerprint density at radius 3 is 2.41 bits per heavy atom. The molecule has 4 amide bonds. The monoisotopic (exact) mass is 518 g/mol. The maximum Gasteiger partial charge on any atom is 0.335 e. The van der Waals surface area contributed by atoms with Crippen molar-refractivity contribution < 1.29 is 19.1 Å². The molecular formula is C27H23BrN2O4. The van der Waals surface area contributed by atoms with Gasteiger partial charge in [0.1, 0.15) is 17.9 Å². The van der Waals surface area contributed by atoms with E-state index in [2.05, 4.69) is 27.3 Å². The van der Waals surface area contributed by atoms with Gasteiger partial charge in [-0.25, -0.2) is 9.69 Å². The summed E-state index contributed by atoms with van der Waals surface area (Å²) in [6, 6.07) is 18.0. The van der Waals surface area contributed by atoms with Crippen LogP contribution in [0.4, 0.5) is 10.5 Å². The van der Waals surface area contributed by atoms with E-state index < -0.39 is 17.8 Å². The number of benzene rings is 3. The molecule has 0 atom stereocenters. The fourth-order valence-electron chi connectivity index (χ4n) is 3.79. The number of aryl methyl sites for hydroxylation is 3. The van der Waals surface area contributed by atoms with E-state index in [1.165, 1.54) is 6.08 Å². The minimum absolute atomic E-state index is 0.125. The first-order valence-electron chi connectivity index (χ1n) is 10.7. The van der Waals surface area contributed by atoms with Gasteiger partial charge in [-0.3, -0.25) is 14.9 Å². The van der Waals surface area contributed by atoms with Crippen LogP contribution in [0.25, 0.3) is 6.08 Å². The maximum absolute atomic E-state index is 13.2. The fourth-order valence-corrected chi connectivity index (χ4v) is 4.30. The van der Waals surface area contributed by atoms with Crippen LogP contribution in [-0.4, -0.2) is 17.8 Å². The molecular weight excluding hydrogens is 496 g/mol. The van der Waals surface area contributed by atoms with Crippen LogP contribution in [0.2, 0.25) is 0 Å². The second-order valence-electron chi connectivity index (χ2n) is 8.22. The fraction of sp³-hybridized carbons (Fsp3) is 0.148. The van der Waals surface area contributed by atoms with Gasteiger partial charge in [0.15, 0.2) is 0 Å². The Labute approximate surface area is 206 Å². The number of amides is 4. The Morgan fingerprint density at radius 1 is 0.941 bits per heavy atom. The molecule has 1 saturated heterocycles. The number of rotatable bonds is 5. The highest BCUT2D eigenvalue weighted by molar-refractivity contribution is 9.10. The van der Waals surface area contributed by atoms with Crippen LogP contribution in [0.5, 0.6) is 5.75 Å². The molecule has 1 aliphatic rings. The number of carbonyl (C=O) groups is 3. The first-order chi connectivity index (χ1) is 16.2. The molecule has 0 radical (unpaired) electrons. The van der Waals surface area contributed by atoms with Crippen molar-refractivity contribution in [1.29, 1.82) is 0 Å². The van der Waals surface area contributed by atoms with Gasteiger partial charge in [0.25, 0.3) is 11.8 Å². The molecule has 1 N–H and O–H groups in total. The molecule has 1 aliphatic heterocycles. The van der Waals surface area contributed by atoms with Gasteiger partial charge in [-0.15, -0.1) is 0 Å². The van der Waals surface area contributed by atoms with E-state index in [0.29, 0.717) is 28.1 Å². The summed E-state index contributed by atoms with van der Waals surface area (Å²) in [5, 5.41) is 2.26. The van der Waals surface area contributed by atoms with Crippen LogP contribution in [0.15, 0.2) is 70.7 Å². The minimum atomic E-state index is -0.764. The summed E-state index contributed by atoms with van der Waals surface area (Å²) in [7, 11) is 0. The highest BCUT2D eigenvalue weighted by atomic mass is 79.9. The lowest BCUT2D eigenvalue weighted by Crippen LogP contribution is -2.54. The second-order valence-corrected chi connectivity index (χ2v) is 9.07. The van der Waals surface area contributed by atoms with Crippen molar-refractivity contribution in [2.75, 3.05) is 4.90 Å². The molecule has 0 aliphatic carbocycles. The zero-order valence-electron chi connectivity index (χ0n) is 19.0. The van der Waals surface area contributed by atoms with Crippen LogP contribution < -0.4 is 15.0 Å². The van der Waals surface area contributed by atoms with E-state index in [-0.39, 0.29) is 5.57 Å². The van der Waals surface area contributed by atoms with Gasteiger partial charge < -0.3 is 4.74 Å². The van der Waals surface area contributed by atoms with Crippen molar-refractivity contribution >= 4 is 45.5 Å². The number of imide groups is 2. The van der Waals surface area contributed by atoms with Crippen molar-refractivity contribution in [3.63, 3.8) is 0 Å². The van der Waals surface area contributed by atoms with E-state index in [0.717, 1.165) is 27.2 Å². The van der Waals surface area contributed by atoms with Gasteiger partial charge in [0, 0.05) is 0 Å². The third kappa shape index (κ3) is 4.94. The number of hydrogen-bond donors (Lipinski definition) is 1. The van der Waals surface area contributed by atoms with E-state index in [1.807, 2.05) is 51.1 Å². The van der Waals surface area contributed by atoms with Crippen LogP contribution >= 0.6 is 15.9 Å². The van der Waals surface area contributed by atoms with Crippen LogP contribution in [0.1, 0.15) is 27.8 Å². The van der Waals surface area contributed by atoms with Crippen molar-refractivity contribution in [3.05, 3.63) is 98.5 Å². The van der Waals surface area contributed by atoms with E-state index in [9.17, 15) is 14.4 Å². The Hall–Kier alpha value is -3.71. The Kier molecular flexibility index (Phi) is 6.65. The van der Waals surface area contributed by atoms with Gasteiger partial charge in [-0.05, 0) is 77.7 Å². The van der Waals surface area contributed by atoms with E-state index >= 15 is 0 Å². The predicted octanol–water partition coefficient (Wildman–Crippen LogP) is 5.62. The predicted molar refractivity (Wildman–Crippen MR) is 135 cm³/mol. The van der Waals surface area contributed by atoms with Gasteiger partial charge >= 0.3 is 6.03 Å². The number of barbiturate groups is 1. The van der Waals surface area contributed by atoms with Crippen molar-refractivity contribution in [3.8, 4) is 5.75 Å². The lowest BCUT2D eigenvalue weighted by molar-refractivity contribution is -0.122. The number of ether oxygens (including phenoxy) is 1. The molecule has 0 aromatic heterocycles. The van der Waals surface area contributed by atoms with Crippen molar-refractivity contribution in [2.45, 2.75) is 27.4 Å². The smallest absolute Gasteiger partial charge is 0.335 e. The number of nitrogens with one attached hydrogen (secondary N) is 1. The summed E-state index contributed by atoms with van der Waals surface area (Å²) in [5.74, 6) is -0.765. The molecule has 0 spiro atoms. The summed E-state index contributed by atoms with van der Waals surface area (Å²) < 4.78 is 6.59. The summed E-state index contributed by atoms with van der Waals surface area (Å²) in [6.07, 6.45) is 1.47. The number of anilines is 1. The molecule has 0 bridgehead atoms. The van der Waals surface area contributed by atoms with Gasteiger partial charge in [0.2, 0.25) is 0 Å². The Balaban J connectivity index is 1.58. The number of nitrogens with zero attached hydrogens (tertiary/aromatic N) is 1. The number of urea groups is 1. The number of carbonyl (C=O) groups excluding carboxylic acids is 3. The first kappa shape index (κ1) is 23.4. The lowest BCUT2D eigenvalue weighted by Gasteiger charge is -2.27. The average Bonchev–Trinajstić information content (AvgIpc) is 2.77. The molecule has 0 unspecified atom stereocenters. The summed E-state index contributed by atoms with van der Waals surface area (Å²) in [4.78, 5) is 39.1. The summed E-state index contributed by atoms with van der Waals surface area (Å²) >= 11 is 3.50. The SMILES string of the molecule is Cc1cccc(COc2ccc(/C=C3\C(=O)NC(=O)N(c4ccc(C)cc4C)C3=O)cc2Br)c1. The first-order valence-corrected chi connectivity index (χ1v) is 11.5. The molecule has 0 saturated carbocycles. The Bertz CT molecular complexity index is 1350. The third-order valence-corrected chi connectivity index (χ3v) is 6.06. The zero-order chi connectivity index (χ0) is 24.4. The van der Waals surface area contributed by atoms with E-state index in [4.69, 9.17) is 4.74 Å². The number of hydrogen-bond acceptors (Lipinski definition) is 4. The zero-order valence-corrected chi connectivity index (χ0v) is 20.6. The largest absolute Gasteiger partial charge is 0.488 e.